The van der Waals surface area contributed by atoms with Gasteiger partial charge in [0.25, 0.3) is 0 Å². The Morgan fingerprint density at radius 2 is 2.16 bits per heavy atom. The molecule has 0 aliphatic carbocycles. The number of nitrogens with one attached hydrogen (secondary N) is 1. The molecule has 0 aromatic carbocycles. The number of likely N-dealkylation sites (N-methyl/N-ethyl adjacent to an activating group) is 1. The second-order valence-electron chi connectivity index (χ2n) is 5.64. The van der Waals surface area contributed by atoms with Crippen molar-refractivity contribution in [2.75, 3.05) is 32.5 Å². The maximum absolute atomic E-state index is 11.7. The molecule has 0 atom stereocenters. The van der Waals surface area contributed by atoms with Gasteiger partial charge in [-0.2, -0.15) is 0 Å². The molecule has 0 bridgehead atoms. The highest BCUT2D eigenvalue weighted by Crippen LogP contribution is 2.17. The van der Waals surface area contributed by atoms with Crippen LogP contribution in [0, 0.1) is 0 Å². The quantitative estimate of drug-likeness (QED) is 0.810. The lowest BCUT2D eigenvalue weighted by Gasteiger charge is -2.18. The van der Waals surface area contributed by atoms with Crippen molar-refractivity contribution in [1.82, 2.24) is 9.88 Å². The number of anilines is 1. The molecule has 0 aliphatic rings. The summed E-state index contributed by atoms with van der Waals surface area (Å²) in [6, 6.07) is 0. The van der Waals surface area contributed by atoms with Crippen molar-refractivity contribution in [3.63, 3.8) is 0 Å². The number of ether oxygens (including phenoxy) is 1. The van der Waals surface area contributed by atoms with E-state index in [1.165, 1.54) is 11.3 Å². The van der Waals surface area contributed by atoms with E-state index in [1.54, 1.807) is 0 Å². The minimum atomic E-state index is -0.445. The fraction of sp³-hybridized carbons (Fsp3) is 0.692. The van der Waals surface area contributed by atoms with Gasteiger partial charge in [-0.3, -0.25) is 4.79 Å². The summed E-state index contributed by atoms with van der Waals surface area (Å²) < 4.78 is 5.26. The fourth-order valence-electron chi connectivity index (χ4n) is 1.38. The molecule has 19 heavy (non-hydrogen) atoms. The largest absolute Gasteiger partial charge is 0.460 e. The van der Waals surface area contributed by atoms with Crippen LogP contribution in [0.25, 0.3) is 0 Å². The minimum Gasteiger partial charge on any atom is -0.460 e. The van der Waals surface area contributed by atoms with E-state index < -0.39 is 5.60 Å². The van der Waals surface area contributed by atoms with Crippen molar-refractivity contribution >= 4 is 22.4 Å². The van der Waals surface area contributed by atoms with Crippen molar-refractivity contribution in [3.8, 4) is 0 Å². The van der Waals surface area contributed by atoms with Gasteiger partial charge in [0.05, 0.1) is 12.1 Å². The molecular weight excluding hydrogens is 262 g/mol. The summed E-state index contributed by atoms with van der Waals surface area (Å²) in [5, 5.41) is 5.97. The van der Waals surface area contributed by atoms with Crippen LogP contribution in [0.5, 0.6) is 0 Å². The third-order valence-corrected chi connectivity index (χ3v) is 2.98. The third-order valence-electron chi connectivity index (χ3n) is 2.13. The van der Waals surface area contributed by atoms with Crippen molar-refractivity contribution in [3.05, 3.63) is 11.1 Å². The Morgan fingerprint density at radius 3 is 2.74 bits per heavy atom. The number of rotatable bonds is 6. The second-order valence-corrected chi connectivity index (χ2v) is 6.50. The average molecular weight is 285 g/mol. The van der Waals surface area contributed by atoms with Crippen LogP contribution in [0.3, 0.4) is 0 Å². The van der Waals surface area contributed by atoms with E-state index >= 15 is 0 Å². The van der Waals surface area contributed by atoms with Gasteiger partial charge in [-0.1, -0.05) is 0 Å². The summed E-state index contributed by atoms with van der Waals surface area (Å²) in [5.74, 6) is -0.238. The summed E-state index contributed by atoms with van der Waals surface area (Å²) in [6.07, 6.45) is 0.225. The molecule has 1 heterocycles. The Kier molecular flexibility index (Phi) is 5.75. The summed E-state index contributed by atoms with van der Waals surface area (Å²) in [7, 11) is 4.05. The number of carbonyl (C=O) groups is 1. The van der Waals surface area contributed by atoms with Gasteiger partial charge >= 0.3 is 5.97 Å². The van der Waals surface area contributed by atoms with Gasteiger partial charge in [-0.25, -0.2) is 4.98 Å². The zero-order valence-corrected chi connectivity index (χ0v) is 13.1. The highest BCUT2D eigenvalue weighted by atomic mass is 32.1. The number of thiazole rings is 1. The monoisotopic (exact) mass is 285 g/mol. The Labute approximate surface area is 119 Å². The average Bonchev–Trinajstić information content (AvgIpc) is 2.61. The Morgan fingerprint density at radius 1 is 1.47 bits per heavy atom. The Hall–Kier alpha value is -1.14. The number of carbonyl (C=O) groups excluding carboxylic acids is 1. The molecule has 6 heteroatoms. The highest BCUT2D eigenvalue weighted by Gasteiger charge is 2.17. The van der Waals surface area contributed by atoms with E-state index in [0.717, 1.165) is 23.9 Å². The molecule has 1 aromatic rings. The number of esters is 1. The Bertz CT molecular complexity index is 410. The van der Waals surface area contributed by atoms with Crippen LogP contribution in [-0.2, 0) is 16.0 Å². The predicted octanol–water partition coefficient (Wildman–Crippen LogP) is 2.00. The molecule has 0 fully saturated rings. The highest BCUT2D eigenvalue weighted by molar-refractivity contribution is 7.13. The van der Waals surface area contributed by atoms with Crippen LogP contribution in [0.2, 0.25) is 0 Å². The lowest BCUT2D eigenvalue weighted by molar-refractivity contribution is -0.153. The van der Waals surface area contributed by atoms with E-state index in [1.807, 2.05) is 40.2 Å². The van der Waals surface area contributed by atoms with E-state index in [9.17, 15) is 4.79 Å². The fourth-order valence-corrected chi connectivity index (χ4v) is 2.12. The smallest absolute Gasteiger partial charge is 0.312 e. The Balaban J connectivity index is 2.40. The van der Waals surface area contributed by atoms with Gasteiger partial charge in [0.2, 0.25) is 0 Å². The molecule has 0 saturated carbocycles. The second kappa shape index (κ2) is 6.86. The lowest BCUT2D eigenvalue weighted by Crippen LogP contribution is -2.25. The first kappa shape index (κ1) is 15.9. The SMILES string of the molecule is CN(C)CCNc1nc(CC(=O)OC(C)(C)C)cs1. The molecule has 0 spiro atoms. The maximum Gasteiger partial charge on any atom is 0.312 e. The van der Waals surface area contributed by atoms with Crippen LogP contribution < -0.4 is 5.32 Å². The van der Waals surface area contributed by atoms with Gasteiger partial charge in [0.15, 0.2) is 5.13 Å². The maximum atomic E-state index is 11.7. The zero-order chi connectivity index (χ0) is 14.5. The molecular formula is C13H23N3O2S. The van der Waals surface area contributed by atoms with Gasteiger partial charge < -0.3 is 15.0 Å². The number of nitrogens with zero attached hydrogens (tertiary/aromatic N) is 2. The first-order chi connectivity index (χ1) is 8.76. The molecule has 1 rings (SSSR count). The predicted molar refractivity (Wildman–Crippen MR) is 78.7 cm³/mol. The van der Waals surface area contributed by atoms with E-state index in [0.29, 0.717) is 0 Å². The molecule has 0 radical (unpaired) electrons. The number of hydrogen-bond acceptors (Lipinski definition) is 6. The standard InChI is InChI=1S/C13H23N3O2S/c1-13(2,3)18-11(17)8-10-9-19-12(15-10)14-6-7-16(4)5/h9H,6-8H2,1-5H3,(H,14,15). The molecule has 5 nitrogen and oxygen atoms in total. The summed E-state index contributed by atoms with van der Waals surface area (Å²) in [5.41, 5.74) is 0.312. The summed E-state index contributed by atoms with van der Waals surface area (Å²) >= 11 is 1.51. The summed E-state index contributed by atoms with van der Waals surface area (Å²) in [4.78, 5) is 18.1. The van der Waals surface area contributed by atoms with Crippen LogP contribution in [0.15, 0.2) is 5.38 Å². The first-order valence-corrected chi connectivity index (χ1v) is 7.19. The topological polar surface area (TPSA) is 54.5 Å². The van der Waals surface area contributed by atoms with E-state index in [4.69, 9.17) is 4.74 Å². The van der Waals surface area contributed by atoms with Gasteiger partial charge in [0.1, 0.15) is 5.60 Å². The lowest BCUT2D eigenvalue weighted by atomic mass is 10.2. The minimum absolute atomic E-state index is 0.225. The zero-order valence-electron chi connectivity index (χ0n) is 12.3. The molecule has 0 saturated heterocycles. The molecule has 0 aliphatic heterocycles. The van der Waals surface area contributed by atoms with E-state index in [-0.39, 0.29) is 12.4 Å². The number of hydrogen-bond donors (Lipinski definition) is 1. The normalized spacial score (nSPS) is 11.7. The van der Waals surface area contributed by atoms with Crippen LogP contribution in [0.4, 0.5) is 5.13 Å². The van der Waals surface area contributed by atoms with Crippen LogP contribution in [-0.4, -0.2) is 48.6 Å². The molecule has 1 N–H and O–H groups in total. The summed E-state index contributed by atoms with van der Waals surface area (Å²) in [6.45, 7) is 7.37. The van der Waals surface area contributed by atoms with Gasteiger partial charge in [-0.05, 0) is 34.9 Å². The molecule has 0 unspecified atom stereocenters. The van der Waals surface area contributed by atoms with Gasteiger partial charge in [0, 0.05) is 18.5 Å². The molecule has 108 valence electrons. The number of aromatic nitrogens is 1. The first-order valence-electron chi connectivity index (χ1n) is 6.31. The molecule has 1 aromatic heterocycles. The van der Waals surface area contributed by atoms with Crippen molar-refractivity contribution in [1.29, 1.82) is 0 Å². The van der Waals surface area contributed by atoms with E-state index in [2.05, 4.69) is 15.2 Å². The van der Waals surface area contributed by atoms with Crippen LogP contribution in [0.1, 0.15) is 26.5 Å². The van der Waals surface area contributed by atoms with Crippen molar-refractivity contribution in [2.24, 2.45) is 0 Å². The van der Waals surface area contributed by atoms with Crippen LogP contribution >= 0.6 is 11.3 Å². The van der Waals surface area contributed by atoms with Crippen molar-refractivity contribution in [2.45, 2.75) is 32.8 Å². The van der Waals surface area contributed by atoms with Gasteiger partial charge in [-0.15, -0.1) is 11.3 Å². The van der Waals surface area contributed by atoms with Crippen molar-refractivity contribution < 1.29 is 9.53 Å². The third kappa shape index (κ3) is 7.12. The molecule has 0 amide bonds.